The van der Waals surface area contributed by atoms with Crippen molar-refractivity contribution in [2.45, 2.75) is 25.2 Å². The summed E-state index contributed by atoms with van der Waals surface area (Å²) in [6.07, 6.45) is -2.41. The first-order chi connectivity index (χ1) is 29.2. The Balaban J connectivity index is 0.000000227. The van der Waals surface area contributed by atoms with E-state index >= 15 is 0 Å². The van der Waals surface area contributed by atoms with Crippen molar-refractivity contribution in [2.24, 2.45) is 0 Å². The molecule has 0 atom stereocenters. The van der Waals surface area contributed by atoms with Crippen molar-refractivity contribution in [3.8, 4) is 11.1 Å². The third-order valence-corrected chi connectivity index (χ3v) is 10.1. The van der Waals surface area contributed by atoms with Gasteiger partial charge in [0.05, 0.1) is 32.3 Å². The second-order valence-electron chi connectivity index (χ2n) is 12.8. The van der Waals surface area contributed by atoms with Crippen LogP contribution in [-0.2, 0) is 25.2 Å². The van der Waals surface area contributed by atoms with Gasteiger partial charge in [0.15, 0.2) is 0 Å². The van der Waals surface area contributed by atoms with Crippen molar-refractivity contribution in [1.29, 1.82) is 0 Å². The lowest BCUT2D eigenvalue weighted by Crippen LogP contribution is -2.29. The number of benzene rings is 4. The Bertz CT molecular complexity index is 2480. The largest absolute Gasteiger partial charge is 0.490 e. The van der Waals surface area contributed by atoms with Crippen molar-refractivity contribution in [3.05, 3.63) is 180 Å². The number of hydrogen-bond donors (Lipinski definition) is 4. The summed E-state index contributed by atoms with van der Waals surface area (Å²) >= 11 is 27.1. The molecule has 4 N–H and O–H groups in total. The molecule has 4 aromatic carbocycles. The fourth-order valence-corrected chi connectivity index (χ4v) is 6.86. The second kappa shape index (κ2) is 23.1. The van der Waals surface area contributed by atoms with E-state index in [1.165, 1.54) is 48.9 Å². The number of halogens is 11. The van der Waals surface area contributed by atoms with E-state index in [1.807, 2.05) is 12.1 Å². The fraction of sp³-hybridized carbons (Fsp3) is 0.143. The van der Waals surface area contributed by atoms with Gasteiger partial charge in [-0.25, -0.2) is 0 Å². The molecule has 6 rings (SSSR count). The predicted molar refractivity (Wildman–Crippen MR) is 233 cm³/mol. The molecule has 6 aromatic rings. The zero-order valence-corrected chi connectivity index (χ0v) is 36.3. The van der Waals surface area contributed by atoms with Crippen LogP contribution in [0, 0.1) is 0 Å². The summed E-state index contributed by atoms with van der Waals surface area (Å²) in [5.41, 5.74) is 0.799. The summed E-state index contributed by atoms with van der Waals surface area (Å²) in [6, 6.07) is 23.3. The number of nitrogens with zero attached hydrogens (tertiary/aromatic N) is 2. The zero-order valence-electron chi connectivity index (χ0n) is 31.7. The van der Waals surface area contributed by atoms with Gasteiger partial charge in [-0.2, -0.15) is 26.3 Å². The molecule has 8 nitrogen and oxygen atoms in total. The minimum atomic E-state index is -4.59. The van der Waals surface area contributed by atoms with Gasteiger partial charge in [0.1, 0.15) is 0 Å². The number of aromatic nitrogens is 2. The van der Waals surface area contributed by atoms with E-state index in [-0.39, 0.29) is 18.7 Å². The van der Waals surface area contributed by atoms with E-state index in [0.29, 0.717) is 38.4 Å². The third-order valence-electron chi connectivity index (χ3n) is 8.44. The van der Waals surface area contributed by atoms with Gasteiger partial charge in [0, 0.05) is 63.4 Å². The molecule has 0 saturated carbocycles. The molecule has 0 radical (unpaired) electrons. The monoisotopic (exact) mass is 1000 g/mol. The first kappa shape index (κ1) is 50.0. The standard InChI is InChI=1S/C21H15Cl2F3N2O.C16H12BrClF3NO.C5H5BClNO2/c22-16-9-15(11-27-12-16)14-6-5-13(19(23)10-14)7-8-28-20(29)17-3-1-2-4-18(17)21(24,25)26;17-11-6-5-10(14(18)9-11)7-8-22-15(23)12-3-1-2-4-13(12)16(19,20)21;7-5-1-4(6(9)10)2-8-3-5/h1-6,9-12H,7-8H2,(H,28,29);1-6,9H,7-8H2,(H,22,23);1-3,9-10H. The minimum Gasteiger partial charge on any atom is -0.423 e. The molecule has 0 aliphatic heterocycles. The Morgan fingerprint density at radius 3 is 1.50 bits per heavy atom. The maximum atomic E-state index is 13.0. The normalized spacial score (nSPS) is 11.0. The highest BCUT2D eigenvalue weighted by Crippen LogP contribution is 2.33. The fourth-order valence-electron chi connectivity index (χ4n) is 5.46. The number of alkyl halides is 6. The lowest BCUT2D eigenvalue weighted by Gasteiger charge is -2.13. The number of amides is 2. The Morgan fingerprint density at radius 1 is 0.597 bits per heavy atom. The average molecular weight is 1000 g/mol. The molecule has 0 saturated heterocycles. The van der Waals surface area contributed by atoms with Crippen LogP contribution in [0.1, 0.15) is 43.0 Å². The molecule has 2 heterocycles. The highest BCUT2D eigenvalue weighted by molar-refractivity contribution is 9.10. The van der Waals surface area contributed by atoms with Gasteiger partial charge in [-0.3, -0.25) is 19.6 Å². The van der Waals surface area contributed by atoms with E-state index in [2.05, 4.69) is 36.5 Å². The Hall–Kier alpha value is -4.68. The predicted octanol–water partition coefficient (Wildman–Crippen LogP) is 10.6. The molecule has 0 fully saturated rings. The Kier molecular flexibility index (Phi) is 18.6. The molecule has 62 heavy (non-hydrogen) atoms. The van der Waals surface area contributed by atoms with Gasteiger partial charge in [0.2, 0.25) is 0 Å². The number of carbonyl (C=O) groups is 2. The van der Waals surface area contributed by atoms with Gasteiger partial charge < -0.3 is 20.7 Å². The van der Waals surface area contributed by atoms with Crippen LogP contribution in [0.2, 0.25) is 20.1 Å². The quantitative estimate of drug-likeness (QED) is 0.0801. The summed E-state index contributed by atoms with van der Waals surface area (Å²) in [7, 11) is -1.49. The van der Waals surface area contributed by atoms with Crippen LogP contribution >= 0.6 is 62.3 Å². The molecule has 20 heteroatoms. The van der Waals surface area contributed by atoms with Crippen molar-refractivity contribution < 1.29 is 46.0 Å². The lowest BCUT2D eigenvalue weighted by atomic mass is 9.82. The molecule has 0 aliphatic carbocycles. The molecule has 0 aliphatic rings. The van der Waals surface area contributed by atoms with Crippen molar-refractivity contribution in [3.63, 3.8) is 0 Å². The lowest BCUT2D eigenvalue weighted by molar-refractivity contribution is -0.138. The van der Waals surface area contributed by atoms with Crippen LogP contribution in [0.5, 0.6) is 0 Å². The topological polar surface area (TPSA) is 124 Å². The summed E-state index contributed by atoms with van der Waals surface area (Å²) in [6.45, 7) is 0.329. The summed E-state index contributed by atoms with van der Waals surface area (Å²) in [4.78, 5) is 31.9. The summed E-state index contributed by atoms with van der Waals surface area (Å²) in [5, 5.41) is 24.1. The van der Waals surface area contributed by atoms with Gasteiger partial charge in [-0.1, -0.05) is 105 Å². The molecule has 2 aromatic heterocycles. The zero-order chi connectivity index (χ0) is 45.6. The first-order valence-electron chi connectivity index (χ1n) is 17.9. The molecule has 0 unspecified atom stereocenters. The SMILES string of the molecule is O=C(NCCc1ccc(-c2cncc(Cl)c2)cc1Cl)c1ccccc1C(F)(F)F.O=C(NCCc1ccc(Br)cc1Cl)c1ccccc1C(F)(F)F.OB(O)c1cncc(Cl)c1. The third kappa shape index (κ3) is 15.3. The van der Waals surface area contributed by atoms with Crippen LogP contribution in [0.25, 0.3) is 11.1 Å². The Labute approximate surface area is 380 Å². The van der Waals surface area contributed by atoms with Crippen LogP contribution in [0.15, 0.2) is 126 Å². The van der Waals surface area contributed by atoms with E-state index in [4.69, 9.17) is 56.5 Å². The number of pyridine rings is 2. The smallest absolute Gasteiger partial charge is 0.423 e. The highest BCUT2D eigenvalue weighted by Gasteiger charge is 2.35. The summed E-state index contributed by atoms with van der Waals surface area (Å²) < 4.78 is 78.6. The van der Waals surface area contributed by atoms with E-state index in [1.54, 1.807) is 36.5 Å². The van der Waals surface area contributed by atoms with E-state index in [9.17, 15) is 35.9 Å². The van der Waals surface area contributed by atoms with E-state index < -0.39 is 48.0 Å². The van der Waals surface area contributed by atoms with Crippen molar-refractivity contribution >= 4 is 86.7 Å². The Morgan fingerprint density at radius 2 is 1.06 bits per heavy atom. The van der Waals surface area contributed by atoms with Gasteiger partial charge in [-0.05, 0) is 84.1 Å². The number of carbonyl (C=O) groups excluding carboxylic acids is 2. The summed E-state index contributed by atoms with van der Waals surface area (Å²) in [5.74, 6) is -1.54. The van der Waals surface area contributed by atoms with Crippen LogP contribution in [0.3, 0.4) is 0 Å². The molecular weight excluding hydrogens is 971 g/mol. The van der Waals surface area contributed by atoms with Crippen LogP contribution in [0.4, 0.5) is 26.3 Å². The number of nitrogens with one attached hydrogen (secondary N) is 2. The molecule has 0 spiro atoms. The molecule has 0 bridgehead atoms. The number of hydrogen-bond acceptors (Lipinski definition) is 6. The van der Waals surface area contributed by atoms with Gasteiger partial charge in [-0.15, -0.1) is 0 Å². The highest BCUT2D eigenvalue weighted by atomic mass is 79.9. The van der Waals surface area contributed by atoms with Gasteiger partial charge >= 0.3 is 19.5 Å². The first-order valence-corrected chi connectivity index (χ1v) is 20.2. The van der Waals surface area contributed by atoms with Gasteiger partial charge in [0.25, 0.3) is 11.8 Å². The average Bonchev–Trinajstić information content (AvgIpc) is 3.22. The van der Waals surface area contributed by atoms with Crippen LogP contribution < -0.4 is 16.1 Å². The van der Waals surface area contributed by atoms with Crippen LogP contribution in [-0.4, -0.2) is 52.0 Å². The van der Waals surface area contributed by atoms with Crippen molar-refractivity contribution in [2.75, 3.05) is 13.1 Å². The van der Waals surface area contributed by atoms with E-state index in [0.717, 1.165) is 51.0 Å². The van der Waals surface area contributed by atoms with Crippen molar-refractivity contribution in [1.82, 2.24) is 20.6 Å². The maximum Gasteiger partial charge on any atom is 0.490 e. The second-order valence-corrected chi connectivity index (χ2v) is 15.4. The minimum absolute atomic E-state index is 0.142. The molecular formula is C42H32BBrCl4F6N4O4. The number of rotatable bonds is 10. The molecule has 2 amide bonds. The molecule has 324 valence electrons. The maximum absolute atomic E-state index is 13.0.